The summed E-state index contributed by atoms with van der Waals surface area (Å²) in [5, 5.41) is 13.4. The second kappa shape index (κ2) is 3.38. The van der Waals surface area contributed by atoms with Crippen LogP contribution in [0.2, 0.25) is 0 Å². The Labute approximate surface area is 70.8 Å². The lowest BCUT2D eigenvalue weighted by Crippen LogP contribution is -2.43. The van der Waals surface area contributed by atoms with Crippen LogP contribution in [0.5, 0.6) is 0 Å². The Morgan fingerprint density at radius 1 is 1.83 bits per heavy atom. The maximum Gasteiger partial charge on any atom is 0.195 e. The number of H-pyrrole nitrogens is 1. The van der Waals surface area contributed by atoms with Gasteiger partial charge in [-0.05, 0) is 6.92 Å². The van der Waals surface area contributed by atoms with Gasteiger partial charge in [0, 0.05) is 6.07 Å². The molecule has 1 N–H and O–H groups in total. The number of nitrogens with one attached hydrogen (secondary N) is 1. The predicted molar refractivity (Wildman–Crippen MR) is 39.9 cm³/mol. The number of aromatic amines is 1. The quantitative estimate of drug-likeness (QED) is 0.588. The third-order valence-electron chi connectivity index (χ3n) is 1.70. The summed E-state index contributed by atoms with van der Waals surface area (Å²) in [5.41, 5.74) is 1.01. The van der Waals surface area contributed by atoms with E-state index in [9.17, 15) is 9.90 Å². The normalized spacial score (nSPS) is 12.8. The Morgan fingerprint density at radius 3 is 2.92 bits per heavy atom. The summed E-state index contributed by atoms with van der Waals surface area (Å²) in [4.78, 5) is 10.4. The van der Waals surface area contributed by atoms with E-state index >= 15 is 0 Å². The smallest absolute Gasteiger partial charge is 0.195 e. The highest BCUT2D eigenvalue weighted by Gasteiger charge is 2.10. The molecule has 12 heavy (non-hydrogen) atoms. The van der Waals surface area contributed by atoms with Crippen LogP contribution in [-0.2, 0) is 11.3 Å². The zero-order chi connectivity index (χ0) is 9.14. The van der Waals surface area contributed by atoms with Gasteiger partial charge in [0.2, 0.25) is 0 Å². The minimum Gasteiger partial charge on any atom is -0.550 e. The Bertz CT molecular complexity index is 280. The van der Waals surface area contributed by atoms with Gasteiger partial charge in [0.05, 0.1) is 17.6 Å². The van der Waals surface area contributed by atoms with Crippen LogP contribution in [0.3, 0.4) is 0 Å². The zero-order valence-corrected chi connectivity index (χ0v) is 7.20. The minimum atomic E-state index is -1.02. The van der Waals surface area contributed by atoms with Gasteiger partial charge in [-0.3, -0.25) is 0 Å². The standard InChI is InChI=1S/C8H12N2O2/c1-6(8(11)12)5-10-4-3-7(2)9-10/h3-4,6H,5H2,1-2H3,(H,11,12). The first-order valence-electron chi connectivity index (χ1n) is 3.85. The molecule has 1 aromatic heterocycles. The fourth-order valence-corrected chi connectivity index (χ4v) is 0.979. The average molecular weight is 168 g/mol. The van der Waals surface area contributed by atoms with Gasteiger partial charge >= 0.3 is 0 Å². The summed E-state index contributed by atoms with van der Waals surface area (Å²) in [6, 6.07) is 1.89. The van der Waals surface area contributed by atoms with Gasteiger partial charge in [-0.15, -0.1) is 4.68 Å². The van der Waals surface area contributed by atoms with Crippen LogP contribution in [0.25, 0.3) is 0 Å². The van der Waals surface area contributed by atoms with Crippen LogP contribution in [0, 0.1) is 12.8 Å². The van der Waals surface area contributed by atoms with Gasteiger partial charge in [-0.2, -0.15) is 5.10 Å². The van der Waals surface area contributed by atoms with Crippen molar-refractivity contribution in [3.63, 3.8) is 0 Å². The summed E-state index contributed by atoms with van der Waals surface area (Å²) in [7, 11) is 0. The Hall–Kier alpha value is -1.32. The molecule has 1 heterocycles. The van der Waals surface area contributed by atoms with Crippen LogP contribution < -0.4 is 9.79 Å². The topological polar surface area (TPSA) is 59.8 Å². The molecule has 0 amide bonds. The number of hydrogen-bond donors (Lipinski definition) is 1. The Morgan fingerprint density at radius 2 is 2.50 bits per heavy atom. The highest BCUT2D eigenvalue weighted by atomic mass is 16.4. The molecule has 0 saturated heterocycles. The van der Waals surface area contributed by atoms with Crippen LogP contribution in [0.1, 0.15) is 12.6 Å². The number of hydrogen-bond acceptors (Lipinski definition) is 2. The van der Waals surface area contributed by atoms with E-state index in [4.69, 9.17) is 0 Å². The molecule has 1 aromatic rings. The number of aryl methyl sites for hydroxylation is 1. The van der Waals surface area contributed by atoms with Crippen molar-refractivity contribution in [2.24, 2.45) is 5.92 Å². The van der Waals surface area contributed by atoms with Crippen molar-refractivity contribution < 1.29 is 14.6 Å². The summed E-state index contributed by atoms with van der Waals surface area (Å²) in [5.74, 6) is -1.48. The fraction of sp³-hybridized carbons (Fsp3) is 0.500. The summed E-state index contributed by atoms with van der Waals surface area (Å²) >= 11 is 0. The molecular weight excluding hydrogens is 156 g/mol. The van der Waals surface area contributed by atoms with Crippen molar-refractivity contribution in [1.82, 2.24) is 5.10 Å². The van der Waals surface area contributed by atoms with Crippen molar-refractivity contribution in [2.45, 2.75) is 20.4 Å². The van der Waals surface area contributed by atoms with Crippen molar-refractivity contribution in [3.05, 3.63) is 18.0 Å². The third kappa shape index (κ3) is 2.08. The van der Waals surface area contributed by atoms with E-state index in [1.807, 2.05) is 19.2 Å². The highest BCUT2D eigenvalue weighted by Crippen LogP contribution is 1.92. The van der Waals surface area contributed by atoms with E-state index in [2.05, 4.69) is 5.10 Å². The molecule has 0 aromatic carbocycles. The van der Waals surface area contributed by atoms with E-state index in [1.54, 1.807) is 11.6 Å². The lowest BCUT2D eigenvalue weighted by atomic mass is 10.2. The molecule has 4 heteroatoms. The van der Waals surface area contributed by atoms with Gasteiger partial charge in [0.1, 0.15) is 0 Å². The monoisotopic (exact) mass is 168 g/mol. The fourth-order valence-electron chi connectivity index (χ4n) is 0.979. The molecule has 66 valence electrons. The number of rotatable bonds is 3. The zero-order valence-electron chi connectivity index (χ0n) is 7.20. The maximum atomic E-state index is 10.4. The van der Waals surface area contributed by atoms with Crippen LogP contribution >= 0.6 is 0 Å². The highest BCUT2D eigenvalue weighted by molar-refractivity contribution is 5.66. The van der Waals surface area contributed by atoms with Crippen molar-refractivity contribution in [3.8, 4) is 0 Å². The number of carboxylic acids is 1. The number of carbonyl (C=O) groups is 1. The van der Waals surface area contributed by atoms with Crippen molar-refractivity contribution in [2.75, 3.05) is 0 Å². The molecular formula is C8H12N2O2. The predicted octanol–water partition coefficient (Wildman–Crippen LogP) is -1.00. The second-order valence-electron chi connectivity index (χ2n) is 2.98. The minimum absolute atomic E-state index is 0.427. The maximum absolute atomic E-state index is 10.4. The Kier molecular flexibility index (Phi) is 2.47. The first-order valence-corrected chi connectivity index (χ1v) is 3.85. The molecule has 0 fully saturated rings. The number of carbonyl (C=O) groups excluding carboxylic acids is 1. The second-order valence-corrected chi connectivity index (χ2v) is 2.98. The molecule has 0 aliphatic carbocycles. The number of carboxylic acid groups (broad SMARTS) is 1. The third-order valence-corrected chi connectivity index (χ3v) is 1.70. The first kappa shape index (κ1) is 8.77. The largest absolute Gasteiger partial charge is 0.550 e. The summed E-state index contributed by atoms with van der Waals surface area (Å²) in [6.07, 6.45) is 1.81. The summed E-state index contributed by atoms with van der Waals surface area (Å²) in [6.45, 7) is 3.97. The number of aliphatic carboxylic acids is 1. The SMILES string of the molecule is Cc1cc[n+](CC(C)C(=O)[O-])[nH]1. The molecule has 1 atom stereocenters. The van der Waals surface area contributed by atoms with E-state index in [0.29, 0.717) is 6.54 Å². The molecule has 0 bridgehead atoms. The molecule has 0 radical (unpaired) electrons. The van der Waals surface area contributed by atoms with Crippen molar-refractivity contribution in [1.29, 1.82) is 0 Å². The average Bonchev–Trinajstić information content (AvgIpc) is 2.35. The molecule has 1 rings (SSSR count). The van der Waals surface area contributed by atoms with Crippen LogP contribution in [0.15, 0.2) is 12.3 Å². The molecule has 0 spiro atoms. The lowest BCUT2D eigenvalue weighted by Gasteiger charge is -2.06. The van der Waals surface area contributed by atoms with E-state index in [-0.39, 0.29) is 0 Å². The van der Waals surface area contributed by atoms with Gasteiger partial charge in [-0.25, -0.2) is 0 Å². The molecule has 0 saturated carbocycles. The van der Waals surface area contributed by atoms with Crippen LogP contribution in [-0.4, -0.2) is 11.1 Å². The number of aromatic nitrogens is 2. The van der Waals surface area contributed by atoms with Gasteiger partial charge < -0.3 is 9.90 Å². The molecule has 4 nitrogen and oxygen atoms in total. The molecule has 1 unspecified atom stereocenters. The van der Waals surface area contributed by atoms with E-state index in [1.165, 1.54) is 0 Å². The Balaban J connectivity index is 2.58. The lowest BCUT2D eigenvalue weighted by molar-refractivity contribution is -0.754. The number of nitrogens with zero attached hydrogens (tertiary/aromatic N) is 1. The van der Waals surface area contributed by atoms with Gasteiger partial charge in [0.25, 0.3) is 0 Å². The first-order chi connectivity index (χ1) is 5.59. The van der Waals surface area contributed by atoms with E-state index in [0.717, 1.165) is 5.69 Å². The van der Waals surface area contributed by atoms with E-state index < -0.39 is 11.9 Å². The molecule has 0 aliphatic heterocycles. The van der Waals surface area contributed by atoms with Crippen molar-refractivity contribution >= 4 is 5.97 Å². The summed E-state index contributed by atoms with van der Waals surface area (Å²) < 4.78 is 1.73. The van der Waals surface area contributed by atoms with Gasteiger partial charge in [-0.1, -0.05) is 6.92 Å². The van der Waals surface area contributed by atoms with Crippen LogP contribution in [0.4, 0.5) is 0 Å². The van der Waals surface area contributed by atoms with Gasteiger partial charge in [0.15, 0.2) is 12.7 Å². The molecule has 0 aliphatic rings.